The molecular weight excluding hydrogens is 264 g/mol. The number of aromatic amines is 1. The number of esters is 1. The number of hydrogen-bond donors (Lipinski definition) is 2. The van der Waals surface area contributed by atoms with Crippen LogP contribution in [-0.4, -0.2) is 34.6 Å². The summed E-state index contributed by atoms with van der Waals surface area (Å²) < 4.78 is 4.70. The van der Waals surface area contributed by atoms with Crippen molar-refractivity contribution >= 4 is 22.4 Å². The molecule has 19 heavy (non-hydrogen) atoms. The summed E-state index contributed by atoms with van der Waals surface area (Å²) in [6.45, 7) is 2.59. The zero-order valence-corrected chi connectivity index (χ0v) is 11.7. The molecule has 2 aromatic rings. The molecule has 0 aliphatic carbocycles. The second-order valence-electron chi connectivity index (χ2n) is 3.99. The van der Waals surface area contributed by atoms with Gasteiger partial charge in [0, 0.05) is 25.4 Å². The molecule has 0 aromatic carbocycles. The maximum atomic E-state index is 11.4. The fourth-order valence-corrected chi connectivity index (χ4v) is 2.55. The van der Waals surface area contributed by atoms with Crippen molar-refractivity contribution in [2.75, 3.05) is 19.0 Å². The zero-order chi connectivity index (χ0) is 13.7. The average Bonchev–Trinajstić information content (AvgIpc) is 3.03. The molecule has 0 spiro atoms. The number of imidazole rings is 1. The first-order valence-corrected chi connectivity index (χ1v) is 6.80. The summed E-state index contributed by atoms with van der Waals surface area (Å²) in [6, 6.07) is 0. The molecular formula is C12H16N4O2S. The molecule has 0 unspecified atom stereocenters. The van der Waals surface area contributed by atoms with Crippen molar-refractivity contribution in [1.82, 2.24) is 15.0 Å². The molecule has 0 saturated carbocycles. The van der Waals surface area contributed by atoms with E-state index in [9.17, 15) is 4.79 Å². The van der Waals surface area contributed by atoms with Crippen molar-refractivity contribution < 1.29 is 9.53 Å². The van der Waals surface area contributed by atoms with Gasteiger partial charge in [0.05, 0.1) is 12.8 Å². The third kappa shape index (κ3) is 3.54. The summed E-state index contributed by atoms with van der Waals surface area (Å²) in [5, 5.41) is 3.95. The Kier molecular flexibility index (Phi) is 4.51. The fourth-order valence-electron chi connectivity index (χ4n) is 1.64. The number of methoxy groups -OCH3 is 1. The van der Waals surface area contributed by atoms with Gasteiger partial charge in [-0.15, -0.1) is 0 Å². The number of H-pyrrole nitrogens is 1. The smallest absolute Gasteiger partial charge is 0.350 e. The molecule has 0 aliphatic rings. The number of ether oxygens (including phenoxy) is 1. The van der Waals surface area contributed by atoms with E-state index >= 15 is 0 Å². The molecule has 0 atom stereocenters. The Bertz CT molecular complexity index is 536. The van der Waals surface area contributed by atoms with E-state index in [0.717, 1.165) is 30.3 Å². The van der Waals surface area contributed by atoms with Gasteiger partial charge in [-0.05, 0) is 13.3 Å². The number of aryl methyl sites for hydroxylation is 2. The Labute approximate surface area is 115 Å². The van der Waals surface area contributed by atoms with Gasteiger partial charge >= 0.3 is 5.97 Å². The monoisotopic (exact) mass is 280 g/mol. The van der Waals surface area contributed by atoms with E-state index in [1.54, 1.807) is 13.1 Å². The van der Waals surface area contributed by atoms with Crippen molar-refractivity contribution in [2.45, 2.75) is 19.8 Å². The number of anilines is 1. The van der Waals surface area contributed by atoms with E-state index < -0.39 is 0 Å². The summed E-state index contributed by atoms with van der Waals surface area (Å²) in [5.41, 5.74) is 0.699. The van der Waals surface area contributed by atoms with Crippen LogP contribution in [0.3, 0.4) is 0 Å². The van der Waals surface area contributed by atoms with Crippen molar-refractivity contribution in [2.24, 2.45) is 0 Å². The average molecular weight is 280 g/mol. The Hall–Kier alpha value is -1.89. The van der Waals surface area contributed by atoms with Crippen molar-refractivity contribution in [3.8, 4) is 0 Å². The number of thiazole rings is 1. The predicted octanol–water partition coefficient (Wildman–Crippen LogP) is 2.01. The summed E-state index contributed by atoms with van der Waals surface area (Å²) in [6.07, 6.45) is 5.39. The Balaban J connectivity index is 1.81. The van der Waals surface area contributed by atoms with E-state index in [-0.39, 0.29) is 5.97 Å². The van der Waals surface area contributed by atoms with Crippen LogP contribution in [0.15, 0.2) is 12.4 Å². The van der Waals surface area contributed by atoms with E-state index in [2.05, 4.69) is 20.3 Å². The van der Waals surface area contributed by atoms with Crippen LogP contribution in [0.1, 0.15) is 27.6 Å². The third-order valence-corrected chi connectivity index (χ3v) is 3.68. The van der Waals surface area contributed by atoms with Crippen molar-refractivity contribution in [1.29, 1.82) is 0 Å². The van der Waals surface area contributed by atoms with E-state index in [1.165, 1.54) is 18.4 Å². The van der Waals surface area contributed by atoms with Crippen LogP contribution in [0.5, 0.6) is 0 Å². The van der Waals surface area contributed by atoms with Crippen LogP contribution in [0.2, 0.25) is 0 Å². The molecule has 0 fully saturated rings. The Morgan fingerprint density at radius 2 is 2.42 bits per heavy atom. The number of aromatic nitrogens is 3. The molecule has 2 aromatic heterocycles. The van der Waals surface area contributed by atoms with Gasteiger partial charge in [-0.25, -0.2) is 14.8 Å². The minimum absolute atomic E-state index is 0.335. The summed E-state index contributed by atoms with van der Waals surface area (Å²) in [5.74, 6) is 0.644. The van der Waals surface area contributed by atoms with Gasteiger partial charge in [0.15, 0.2) is 5.13 Å². The number of nitrogens with one attached hydrogen (secondary N) is 2. The van der Waals surface area contributed by atoms with Crippen LogP contribution < -0.4 is 5.32 Å². The van der Waals surface area contributed by atoms with E-state index in [1.807, 2.05) is 6.20 Å². The number of carbonyl (C=O) groups excluding carboxylic acids is 1. The maximum absolute atomic E-state index is 11.4. The molecule has 7 heteroatoms. The van der Waals surface area contributed by atoms with Gasteiger partial charge in [0.1, 0.15) is 10.7 Å². The molecule has 2 rings (SSSR count). The first-order chi connectivity index (χ1) is 9.20. The first-order valence-electron chi connectivity index (χ1n) is 5.98. The van der Waals surface area contributed by atoms with Crippen molar-refractivity contribution in [3.05, 3.63) is 28.8 Å². The lowest BCUT2D eigenvalue weighted by Crippen LogP contribution is -2.03. The minimum Gasteiger partial charge on any atom is -0.465 e. The Morgan fingerprint density at radius 3 is 3.11 bits per heavy atom. The van der Waals surface area contributed by atoms with Gasteiger partial charge < -0.3 is 15.0 Å². The zero-order valence-electron chi connectivity index (χ0n) is 10.9. The molecule has 6 nitrogen and oxygen atoms in total. The SMILES string of the molecule is COC(=O)c1sc(NCCCc2ncc[nH]2)nc1C. The third-order valence-electron chi connectivity index (χ3n) is 2.59. The summed E-state index contributed by atoms with van der Waals surface area (Å²) >= 11 is 1.32. The van der Waals surface area contributed by atoms with Gasteiger partial charge in [-0.2, -0.15) is 0 Å². The summed E-state index contributed by atoms with van der Waals surface area (Å²) in [7, 11) is 1.37. The van der Waals surface area contributed by atoms with Crippen LogP contribution in [0.4, 0.5) is 5.13 Å². The highest BCUT2D eigenvalue weighted by Crippen LogP contribution is 2.23. The van der Waals surface area contributed by atoms with Gasteiger partial charge in [0.2, 0.25) is 0 Å². The molecule has 0 aliphatic heterocycles. The molecule has 2 heterocycles. The highest BCUT2D eigenvalue weighted by Gasteiger charge is 2.15. The molecule has 2 N–H and O–H groups in total. The Morgan fingerprint density at radius 1 is 1.58 bits per heavy atom. The summed E-state index contributed by atoms with van der Waals surface area (Å²) in [4.78, 5) is 23.5. The number of carbonyl (C=O) groups is 1. The molecule has 0 amide bonds. The number of hydrogen-bond acceptors (Lipinski definition) is 6. The first kappa shape index (κ1) is 13.5. The quantitative estimate of drug-likeness (QED) is 0.625. The van der Waals surface area contributed by atoms with Gasteiger partial charge in [-0.1, -0.05) is 11.3 Å². The lowest BCUT2D eigenvalue weighted by atomic mass is 10.3. The predicted molar refractivity (Wildman–Crippen MR) is 73.6 cm³/mol. The van der Waals surface area contributed by atoms with Gasteiger partial charge in [0.25, 0.3) is 0 Å². The topological polar surface area (TPSA) is 79.9 Å². The van der Waals surface area contributed by atoms with E-state index in [0.29, 0.717) is 10.6 Å². The highest BCUT2D eigenvalue weighted by atomic mass is 32.1. The normalized spacial score (nSPS) is 10.4. The largest absolute Gasteiger partial charge is 0.465 e. The lowest BCUT2D eigenvalue weighted by Gasteiger charge is -2.00. The fraction of sp³-hybridized carbons (Fsp3) is 0.417. The second kappa shape index (κ2) is 6.33. The molecule has 0 bridgehead atoms. The number of rotatable bonds is 6. The molecule has 0 radical (unpaired) electrons. The van der Waals surface area contributed by atoms with Crippen LogP contribution in [-0.2, 0) is 11.2 Å². The van der Waals surface area contributed by atoms with Crippen LogP contribution >= 0.6 is 11.3 Å². The standard InChI is InChI=1S/C12H16N4O2S/c1-8-10(11(17)18-2)19-12(16-8)15-5-3-4-9-13-6-7-14-9/h6-7H,3-5H2,1-2H3,(H,13,14)(H,15,16). The molecule has 0 saturated heterocycles. The highest BCUT2D eigenvalue weighted by molar-refractivity contribution is 7.17. The second-order valence-corrected chi connectivity index (χ2v) is 4.99. The number of nitrogens with zero attached hydrogens (tertiary/aromatic N) is 2. The maximum Gasteiger partial charge on any atom is 0.350 e. The minimum atomic E-state index is -0.335. The van der Waals surface area contributed by atoms with Crippen molar-refractivity contribution in [3.63, 3.8) is 0 Å². The molecule has 102 valence electrons. The van der Waals surface area contributed by atoms with E-state index in [4.69, 9.17) is 4.74 Å². The van der Waals surface area contributed by atoms with Crippen LogP contribution in [0.25, 0.3) is 0 Å². The lowest BCUT2D eigenvalue weighted by molar-refractivity contribution is 0.0605. The van der Waals surface area contributed by atoms with Crippen LogP contribution in [0, 0.1) is 6.92 Å². The van der Waals surface area contributed by atoms with Gasteiger partial charge in [-0.3, -0.25) is 0 Å².